The van der Waals surface area contributed by atoms with E-state index in [-0.39, 0.29) is 0 Å². The Morgan fingerprint density at radius 3 is 2.36 bits per heavy atom. The molecule has 0 saturated heterocycles. The van der Waals surface area contributed by atoms with Gasteiger partial charge in [0.15, 0.2) is 0 Å². The molecule has 0 radical (unpaired) electrons. The fraction of sp³-hybridized carbons (Fsp3) is 0.438. The van der Waals surface area contributed by atoms with Crippen LogP contribution in [0.5, 0.6) is 0 Å². The fourth-order valence-electron chi connectivity index (χ4n) is 2.92. The Balaban J connectivity index is 2.25. The van der Waals surface area contributed by atoms with Crippen LogP contribution in [-0.4, -0.2) is 27.3 Å². The third-order valence-electron chi connectivity index (χ3n) is 3.69. The molecule has 2 rings (SSSR count). The molecule has 0 spiro atoms. The minimum absolute atomic E-state index is 0.435. The van der Waals surface area contributed by atoms with E-state index >= 15 is 0 Å². The first-order chi connectivity index (χ1) is 10.2. The summed E-state index contributed by atoms with van der Waals surface area (Å²) in [5.41, 5.74) is 8.55. The summed E-state index contributed by atoms with van der Waals surface area (Å²) in [6.07, 6.45) is 2.37. The number of nitrogen functional groups attached to an aromatic ring is 1. The second-order valence-corrected chi connectivity index (χ2v) is 6.72. The van der Waals surface area contributed by atoms with Crippen LogP contribution in [0.1, 0.15) is 44.5 Å². The molecule has 0 amide bonds. The van der Waals surface area contributed by atoms with E-state index in [9.17, 15) is 10.0 Å². The van der Waals surface area contributed by atoms with Gasteiger partial charge in [-0.15, -0.1) is 5.06 Å². The molecular weight excluding hydrogens is 282 g/mol. The van der Waals surface area contributed by atoms with Crippen molar-refractivity contribution in [2.45, 2.75) is 45.2 Å². The number of carbonyl (C=O) groups is 1. The van der Waals surface area contributed by atoms with Gasteiger partial charge in [-0.1, -0.05) is 0 Å². The van der Waals surface area contributed by atoms with Crippen molar-refractivity contribution in [2.75, 3.05) is 5.73 Å². The van der Waals surface area contributed by atoms with Crippen molar-refractivity contribution in [2.24, 2.45) is 0 Å². The topological polar surface area (TPSA) is 87.8 Å². The highest BCUT2D eigenvalue weighted by Gasteiger charge is 2.44. The van der Waals surface area contributed by atoms with E-state index in [0.717, 1.165) is 0 Å². The Hall–Kier alpha value is -2.05. The van der Waals surface area contributed by atoms with Crippen LogP contribution >= 0.6 is 0 Å². The van der Waals surface area contributed by atoms with Crippen LogP contribution in [0.4, 0.5) is 5.69 Å². The number of anilines is 1. The Morgan fingerprint density at radius 1 is 1.27 bits per heavy atom. The molecule has 22 heavy (non-hydrogen) atoms. The largest absolute Gasteiger partial charge is 0.399 e. The van der Waals surface area contributed by atoms with Gasteiger partial charge in [0, 0.05) is 17.8 Å². The third kappa shape index (κ3) is 3.23. The van der Waals surface area contributed by atoms with Gasteiger partial charge in [-0.3, -0.25) is 10.7 Å². The lowest BCUT2D eigenvalue weighted by Crippen LogP contribution is -2.58. The van der Waals surface area contributed by atoms with Gasteiger partial charge in [0.25, 0.3) is 0 Å². The van der Waals surface area contributed by atoms with Gasteiger partial charge in [0.2, 0.25) is 0 Å². The molecule has 1 aromatic carbocycles. The summed E-state index contributed by atoms with van der Waals surface area (Å²) in [6.45, 7) is 7.74. The Morgan fingerprint density at radius 2 is 1.86 bits per heavy atom. The number of carbonyl (C=O) groups excluding carboxylic acids is 1. The van der Waals surface area contributed by atoms with Crippen molar-refractivity contribution in [3.05, 3.63) is 41.6 Å². The van der Waals surface area contributed by atoms with E-state index in [1.54, 1.807) is 29.3 Å². The van der Waals surface area contributed by atoms with Gasteiger partial charge in [-0.25, -0.2) is 4.79 Å². The van der Waals surface area contributed by atoms with E-state index in [2.05, 4.69) is 5.48 Å². The maximum Gasteiger partial charge on any atom is 0.357 e. The maximum atomic E-state index is 12.4. The summed E-state index contributed by atoms with van der Waals surface area (Å²) in [5.74, 6) is -0.435. The summed E-state index contributed by atoms with van der Waals surface area (Å²) < 4.78 is 0. The highest BCUT2D eigenvalue weighted by Crippen LogP contribution is 2.36. The fourth-order valence-corrected chi connectivity index (χ4v) is 2.92. The van der Waals surface area contributed by atoms with E-state index in [4.69, 9.17) is 10.6 Å². The summed E-state index contributed by atoms with van der Waals surface area (Å²) in [7, 11) is 0. The molecule has 0 aromatic heterocycles. The quantitative estimate of drug-likeness (QED) is 0.587. The summed E-state index contributed by atoms with van der Waals surface area (Å²) in [6, 6.07) is 6.60. The Bertz CT molecular complexity index is 591. The first-order valence-corrected chi connectivity index (χ1v) is 7.16. The molecule has 120 valence electrons. The average molecular weight is 305 g/mol. The van der Waals surface area contributed by atoms with Crippen molar-refractivity contribution in [3.8, 4) is 0 Å². The summed E-state index contributed by atoms with van der Waals surface area (Å²) in [5, 5.41) is 10.8. The van der Waals surface area contributed by atoms with Crippen LogP contribution in [0.3, 0.4) is 0 Å². The Kier molecular flexibility index (Phi) is 4.17. The van der Waals surface area contributed by atoms with Crippen LogP contribution in [-0.2, 0) is 4.84 Å². The van der Waals surface area contributed by atoms with Crippen LogP contribution in [0.15, 0.2) is 36.0 Å². The lowest BCUT2D eigenvalue weighted by molar-refractivity contribution is -0.216. The summed E-state index contributed by atoms with van der Waals surface area (Å²) >= 11 is 0. The van der Waals surface area contributed by atoms with Crippen LogP contribution < -0.4 is 11.2 Å². The van der Waals surface area contributed by atoms with Crippen molar-refractivity contribution in [3.63, 3.8) is 0 Å². The number of hydrogen-bond acceptors (Lipinski definition) is 6. The highest BCUT2D eigenvalue weighted by atomic mass is 16.7. The predicted molar refractivity (Wildman–Crippen MR) is 83.9 cm³/mol. The van der Waals surface area contributed by atoms with E-state index in [0.29, 0.717) is 23.4 Å². The van der Waals surface area contributed by atoms with Gasteiger partial charge < -0.3 is 10.6 Å². The molecule has 0 aliphatic carbocycles. The van der Waals surface area contributed by atoms with Crippen molar-refractivity contribution in [1.29, 1.82) is 0 Å². The molecule has 0 fully saturated rings. The molecular formula is C16H23N3O3. The minimum Gasteiger partial charge on any atom is -0.399 e. The zero-order chi connectivity index (χ0) is 16.5. The first kappa shape index (κ1) is 16.3. The van der Waals surface area contributed by atoms with E-state index in [1.165, 1.54) is 0 Å². The molecule has 6 heteroatoms. The number of nitrogens with zero attached hydrogens (tertiary/aromatic N) is 1. The molecule has 1 heterocycles. The zero-order valence-electron chi connectivity index (χ0n) is 13.4. The normalized spacial score (nSPS) is 20.1. The van der Waals surface area contributed by atoms with Crippen LogP contribution in [0, 0.1) is 0 Å². The third-order valence-corrected chi connectivity index (χ3v) is 3.69. The molecule has 1 aromatic rings. The molecule has 1 aliphatic heterocycles. The number of nitrogens with two attached hydrogens (primary N) is 1. The number of nitrogens with one attached hydrogen (secondary N) is 1. The lowest BCUT2D eigenvalue weighted by Gasteiger charge is -2.48. The smallest absolute Gasteiger partial charge is 0.357 e. The van der Waals surface area contributed by atoms with Crippen molar-refractivity contribution >= 4 is 11.7 Å². The highest BCUT2D eigenvalue weighted by molar-refractivity contribution is 5.89. The van der Waals surface area contributed by atoms with Gasteiger partial charge in [-0.2, -0.15) is 0 Å². The molecule has 6 nitrogen and oxygen atoms in total. The SMILES string of the molecule is CC1(C)C=C(NO)CC(C)(C)N1OC(=O)c1ccc(N)cc1. The van der Waals surface area contributed by atoms with Gasteiger partial charge >= 0.3 is 5.97 Å². The molecule has 0 bridgehead atoms. The number of rotatable bonds is 3. The second kappa shape index (κ2) is 5.62. The number of benzene rings is 1. The molecule has 1 aliphatic rings. The zero-order valence-corrected chi connectivity index (χ0v) is 13.4. The predicted octanol–water partition coefficient (Wildman–Crippen LogP) is 2.47. The monoisotopic (exact) mass is 305 g/mol. The van der Waals surface area contributed by atoms with Gasteiger partial charge in [0.1, 0.15) is 0 Å². The first-order valence-electron chi connectivity index (χ1n) is 7.16. The maximum absolute atomic E-state index is 12.4. The second-order valence-electron chi connectivity index (χ2n) is 6.72. The molecule has 0 unspecified atom stereocenters. The lowest BCUT2D eigenvalue weighted by atomic mass is 9.86. The van der Waals surface area contributed by atoms with Crippen LogP contribution in [0.2, 0.25) is 0 Å². The van der Waals surface area contributed by atoms with E-state index < -0.39 is 17.0 Å². The molecule has 0 saturated carbocycles. The standard InChI is InChI=1S/C16H23N3O3/c1-15(2)9-13(18-21)10-16(3,4)19(15)22-14(20)11-5-7-12(17)8-6-11/h5-9,18,21H,10,17H2,1-4H3. The van der Waals surface area contributed by atoms with Crippen molar-refractivity contribution in [1.82, 2.24) is 10.5 Å². The van der Waals surface area contributed by atoms with Crippen LogP contribution in [0.25, 0.3) is 0 Å². The van der Waals surface area contributed by atoms with Crippen molar-refractivity contribution < 1.29 is 14.8 Å². The molecule has 0 atom stereocenters. The Labute approximate surface area is 130 Å². The minimum atomic E-state index is -0.559. The number of hydrogen-bond donors (Lipinski definition) is 3. The van der Waals surface area contributed by atoms with E-state index in [1.807, 2.05) is 33.8 Å². The summed E-state index contributed by atoms with van der Waals surface area (Å²) in [4.78, 5) is 18.0. The van der Waals surface area contributed by atoms with Gasteiger partial charge in [-0.05, 0) is 58.0 Å². The average Bonchev–Trinajstić information content (AvgIpc) is 2.42. The van der Waals surface area contributed by atoms with Gasteiger partial charge in [0.05, 0.1) is 16.6 Å². The number of hydroxylamine groups is 3. The molecule has 4 N–H and O–H groups in total.